The van der Waals surface area contributed by atoms with Gasteiger partial charge in [0.15, 0.2) is 0 Å². The molecule has 0 aromatic carbocycles. The van der Waals surface area contributed by atoms with Crippen molar-refractivity contribution in [3.05, 3.63) is 0 Å². The van der Waals surface area contributed by atoms with Crippen molar-refractivity contribution in [1.29, 1.82) is 0 Å². The molecule has 0 saturated heterocycles. The van der Waals surface area contributed by atoms with Crippen molar-refractivity contribution in [3.8, 4) is 0 Å². The highest BCUT2D eigenvalue weighted by molar-refractivity contribution is 7.16. The molecule has 0 aliphatic rings. The molecule has 0 spiro atoms. The number of unbranched alkanes of at least 4 members (excludes halogenated alkanes) is 1. The van der Waals surface area contributed by atoms with Crippen LogP contribution in [-0.4, -0.2) is 6.16 Å². The van der Waals surface area contributed by atoms with Crippen LogP contribution in [0.2, 0.25) is 0 Å². The first-order valence-corrected chi connectivity index (χ1v) is 6.36. The standard InChI is InChI=1S/C11H25P/c1-3-7-11(8-4-2)9-5-6-10-12/h11H,3-10,12H2,1-2H3. The monoisotopic (exact) mass is 188 g/mol. The topological polar surface area (TPSA) is 0 Å². The van der Waals surface area contributed by atoms with Gasteiger partial charge in [0, 0.05) is 0 Å². The predicted octanol–water partition coefficient (Wildman–Crippen LogP) is 4.25. The van der Waals surface area contributed by atoms with Crippen LogP contribution in [0.3, 0.4) is 0 Å². The molecule has 0 amide bonds. The van der Waals surface area contributed by atoms with E-state index in [0.717, 1.165) is 5.92 Å². The van der Waals surface area contributed by atoms with Crippen LogP contribution < -0.4 is 0 Å². The molecule has 0 nitrogen and oxygen atoms in total. The summed E-state index contributed by atoms with van der Waals surface area (Å²) < 4.78 is 0. The van der Waals surface area contributed by atoms with Crippen LogP contribution in [0.4, 0.5) is 0 Å². The second-order valence-electron chi connectivity index (χ2n) is 3.73. The molecule has 0 fully saturated rings. The fourth-order valence-corrected chi connectivity index (χ4v) is 2.12. The molecule has 0 aromatic rings. The molecule has 1 unspecified atom stereocenters. The van der Waals surface area contributed by atoms with Crippen LogP contribution in [0.1, 0.15) is 58.8 Å². The van der Waals surface area contributed by atoms with Crippen molar-refractivity contribution in [3.63, 3.8) is 0 Å². The summed E-state index contributed by atoms with van der Waals surface area (Å²) in [6.07, 6.45) is 11.2. The fourth-order valence-electron chi connectivity index (χ4n) is 1.83. The maximum atomic E-state index is 2.82. The molecule has 0 aliphatic heterocycles. The zero-order valence-electron chi connectivity index (χ0n) is 8.81. The Hall–Kier alpha value is 0.430. The highest BCUT2D eigenvalue weighted by Gasteiger charge is 2.05. The zero-order valence-corrected chi connectivity index (χ0v) is 9.97. The first-order valence-electron chi connectivity index (χ1n) is 5.55. The predicted molar refractivity (Wildman–Crippen MR) is 61.7 cm³/mol. The second kappa shape index (κ2) is 9.52. The quantitative estimate of drug-likeness (QED) is 0.394. The summed E-state index contributed by atoms with van der Waals surface area (Å²) in [6.45, 7) is 4.61. The van der Waals surface area contributed by atoms with Gasteiger partial charge in [0.25, 0.3) is 0 Å². The summed E-state index contributed by atoms with van der Waals surface area (Å²) in [5.41, 5.74) is 0. The minimum absolute atomic E-state index is 1.02. The molecular formula is C11H25P. The molecule has 0 rings (SSSR count). The number of hydrogen-bond donors (Lipinski definition) is 0. The Morgan fingerprint density at radius 1 is 0.917 bits per heavy atom. The van der Waals surface area contributed by atoms with Gasteiger partial charge in [0.05, 0.1) is 0 Å². The zero-order chi connectivity index (χ0) is 9.23. The van der Waals surface area contributed by atoms with E-state index in [4.69, 9.17) is 0 Å². The summed E-state index contributed by atoms with van der Waals surface area (Å²) in [7, 11) is 2.82. The van der Waals surface area contributed by atoms with Gasteiger partial charge >= 0.3 is 0 Å². The minimum Gasteiger partial charge on any atom is -0.138 e. The summed E-state index contributed by atoms with van der Waals surface area (Å²) >= 11 is 0. The molecule has 0 bridgehead atoms. The van der Waals surface area contributed by atoms with Crippen LogP contribution in [0.25, 0.3) is 0 Å². The third kappa shape index (κ3) is 7.10. The van der Waals surface area contributed by atoms with Gasteiger partial charge in [0.2, 0.25) is 0 Å². The summed E-state index contributed by atoms with van der Waals surface area (Å²) in [5.74, 6) is 1.02. The highest BCUT2D eigenvalue weighted by Crippen LogP contribution is 2.20. The number of rotatable bonds is 8. The van der Waals surface area contributed by atoms with Gasteiger partial charge < -0.3 is 0 Å². The van der Waals surface area contributed by atoms with Crippen molar-refractivity contribution in [2.45, 2.75) is 58.8 Å². The van der Waals surface area contributed by atoms with E-state index in [9.17, 15) is 0 Å². The lowest BCUT2D eigenvalue weighted by atomic mass is 9.93. The first kappa shape index (κ1) is 12.4. The molecule has 74 valence electrons. The summed E-state index contributed by atoms with van der Waals surface area (Å²) in [4.78, 5) is 0. The molecule has 0 saturated carbocycles. The van der Waals surface area contributed by atoms with Crippen molar-refractivity contribution in [2.24, 2.45) is 5.92 Å². The third-order valence-electron chi connectivity index (χ3n) is 2.46. The third-order valence-corrected chi connectivity index (χ3v) is 2.87. The highest BCUT2D eigenvalue weighted by atomic mass is 31.0. The van der Waals surface area contributed by atoms with E-state index < -0.39 is 0 Å². The van der Waals surface area contributed by atoms with E-state index >= 15 is 0 Å². The van der Waals surface area contributed by atoms with E-state index in [1.54, 1.807) is 0 Å². The Balaban J connectivity index is 3.34. The summed E-state index contributed by atoms with van der Waals surface area (Å²) in [5, 5.41) is 0. The van der Waals surface area contributed by atoms with Crippen LogP contribution >= 0.6 is 9.24 Å². The van der Waals surface area contributed by atoms with Gasteiger partial charge in [-0.2, -0.15) is 0 Å². The average Bonchev–Trinajstić information content (AvgIpc) is 2.06. The lowest BCUT2D eigenvalue weighted by Crippen LogP contribution is -1.99. The largest absolute Gasteiger partial charge is 0.138 e. The Morgan fingerprint density at radius 3 is 1.92 bits per heavy atom. The normalized spacial score (nSPS) is 11.0. The summed E-state index contributed by atoms with van der Waals surface area (Å²) in [6, 6.07) is 0. The van der Waals surface area contributed by atoms with E-state index in [1.165, 1.54) is 51.1 Å². The Bertz CT molecular complexity index is 75.1. The lowest BCUT2D eigenvalue weighted by Gasteiger charge is -2.14. The van der Waals surface area contributed by atoms with Gasteiger partial charge in [-0.1, -0.05) is 52.4 Å². The van der Waals surface area contributed by atoms with Crippen molar-refractivity contribution in [1.82, 2.24) is 0 Å². The maximum Gasteiger partial charge on any atom is -0.0381 e. The molecule has 0 N–H and O–H groups in total. The van der Waals surface area contributed by atoms with Crippen LogP contribution in [-0.2, 0) is 0 Å². The maximum absolute atomic E-state index is 2.82. The average molecular weight is 188 g/mol. The van der Waals surface area contributed by atoms with E-state index in [0.29, 0.717) is 0 Å². The van der Waals surface area contributed by atoms with Crippen LogP contribution in [0.15, 0.2) is 0 Å². The van der Waals surface area contributed by atoms with Gasteiger partial charge in [-0.25, -0.2) is 0 Å². The van der Waals surface area contributed by atoms with Crippen molar-refractivity contribution >= 4 is 9.24 Å². The van der Waals surface area contributed by atoms with E-state index in [-0.39, 0.29) is 0 Å². The molecule has 0 aromatic heterocycles. The second-order valence-corrected chi connectivity index (χ2v) is 4.31. The molecule has 1 atom stereocenters. The van der Waals surface area contributed by atoms with Crippen LogP contribution in [0.5, 0.6) is 0 Å². The van der Waals surface area contributed by atoms with Crippen molar-refractivity contribution in [2.75, 3.05) is 6.16 Å². The molecule has 0 aliphatic carbocycles. The van der Waals surface area contributed by atoms with Crippen LogP contribution in [0, 0.1) is 5.92 Å². The number of hydrogen-bond acceptors (Lipinski definition) is 0. The SMILES string of the molecule is CCCC(CCC)CCCCP. The Kier molecular flexibility index (Phi) is 9.86. The molecular weight excluding hydrogens is 163 g/mol. The van der Waals surface area contributed by atoms with Gasteiger partial charge in [0.1, 0.15) is 0 Å². The Labute approximate surface area is 80.7 Å². The minimum atomic E-state index is 1.02. The van der Waals surface area contributed by atoms with E-state index in [2.05, 4.69) is 23.1 Å². The van der Waals surface area contributed by atoms with Crippen molar-refractivity contribution < 1.29 is 0 Å². The molecule has 0 radical (unpaired) electrons. The fraction of sp³-hybridized carbons (Fsp3) is 1.00. The Morgan fingerprint density at radius 2 is 1.50 bits per heavy atom. The lowest BCUT2D eigenvalue weighted by molar-refractivity contribution is 0.399. The molecule has 0 heterocycles. The first-order chi connectivity index (χ1) is 5.85. The van der Waals surface area contributed by atoms with Gasteiger partial charge in [-0.3, -0.25) is 0 Å². The molecule has 1 heteroatoms. The van der Waals surface area contributed by atoms with Gasteiger partial charge in [-0.05, 0) is 18.5 Å². The smallest absolute Gasteiger partial charge is 0.0381 e. The van der Waals surface area contributed by atoms with E-state index in [1.807, 2.05) is 0 Å². The van der Waals surface area contributed by atoms with Gasteiger partial charge in [-0.15, -0.1) is 9.24 Å². The molecule has 12 heavy (non-hydrogen) atoms.